The van der Waals surface area contributed by atoms with Gasteiger partial charge in [0.25, 0.3) is 5.91 Å². The summed E-state index contributed by atoms with van der Waals surface area (Å²) in [7, 11) is 0. The van der Waals surface area contributed by atoms with E-state index >= 15 is 0 Å². The summed E-state index contributed by atoms with van der Waals surface area (Å²) in [6.45, 7) is 3.78. The molecule has 1 saturated heterocycles. The minimum atomic E-state index is -0.530. The lowest BCUT2D eigenvalue weighted by Crippen LogP contribution is -2.36. The van der Waals surface area contributed by atoms with Crippen LogP contribution in [0.2, 0.25) is 0 Å². The van der Waals surface area contributed by atoms with E-state index in [1.54, 1.807) is 29.2 Å². The van der Waals surface area contributed by atoms with Crippen LogP contribution in [0.3, 0.4) is 0 Å². The Balaban J connectivity index is 1.65. The molecule has 1 amide bonds. The molecule has 0 aliphatic carbocycles. The van der Waals surface area contributed by atoms with Crippen molar-refractivity contribution in [3.8, 4) is 5.75 Å². The maximum Gasteiger partial charge on any atom is 0.291 e. The number of nitrogens with zero attached hydrogens (tertiary/aromatic N) is 1. The molecule has 6 nitrogen and oxygen atoms in total. The standard InChI is InChI=1S/C25H25NO5/c1-2-12-29-17-8-5-7-16(14-17)22-21-23(27)19-10-3-4-11-20(19)31-24(21)25(28)26(22)15-18-9-6-13-30-18/h3-5,7-8,10-11,14,18,22H,2,6,9,12-13,15H2,1H3/t18-,22+/m0/s1. The maximum absolute atomic E-state index is 13.5. The highest BCUT2D eigenvalue weighted by Crippen LogP contribution is 2.39. The molecule has 3 heterocycles. The van der Waals surface area contributed by atoms with Crippen molar-refractivity contribution >= 4 is 16.9 Å². The summed E-state index contributed by atoms with van der Waals surface area (Å²) in [4.78, 5) is 28.6. The molecule has 0 saturated carbocycles. The summed E-state index contributed by atoms with van der Waals surface area (Å²) in [6.07, 6.45) is 2.74. The van der Waals surface area contributed by atoms with E-state index < -0.39 is 6.04 Å². The second kappa shape index (κ2) is 8.19. The Hall–Kier alpha value is -3.12. The van der Waals surface area contributed by atoms with E-state index in [1.165, 1.54) is 0 Å². The first-order valence-corrected chi connectivity index (χ1v) is 10.9. The third-order valence-electron chi connectivity index (χ3n) is 5.94. The third kappa shape index (κ3) is 3.51. The Labute approximate surface area is 180 Å². The fraction of sp³-hybridized carbons (Fsp3) is 0.360. The normalized spacial score (nSPS) is 20.4. The number of rotatable bonds is 6. The predicted octanol–water partition coefficient (Wildman–Crippen LogP) is 4.31. The lowest BCUT2D eigenvalue weighted by molar-refractivity contribution is 0.0486. The molecule has 2 aliphatic heterocycles. The molecule has 0 bridgehead atoms. The molecular weight excluding hydrogens is 394 g/mol. The van der Waals surface area contributed by atoms with E-state index in [0.717, 1.165) is 30.6 Å². The summed E-state index contributed by atoms with van der Waals surface area (Å²) >= 11 is 0. The second-order valence-electron chi connectivity index (χ2n) is 8.09. The number of ether oxygens (including phenoxy) is 2. The van der Waals surface area contributed by atoms with Gasteiger partial charge in [-0.3, -0.25) is 9.59 Å². The van der Waals surface area contributed by atoms with E-state index in [1.807, 2.05) is 24.3 Å². The molecule has 2 atom stereocenters. The van der Waals surface area contributed by atoms with Gasteiger partial charge in [0.2, 0.25) is 5.76 Å². The van der Waals surface area contributed by atoms with Crippen molar-refractivity contribution in [2.45, 2.75) is 38.3 Å². The summed E-state index contributed by atoms with van der Waals surface area (Å²) in [5.74, 6) is 0.590. The van der Waals surface area contributed by atoms with E-state index in [4.69, 9.17) is 13.9 Å². The van der Waals surface area contributed by atoms with Crippen LogP contribution in [0.1, 0.15) is 53.9 Å². The van der Waals surface area contributed by atoms with Crippen LogP contribution in [0.15, 0.2) is 57.7 Å². The first-order chi connectivity index (χ1) is 15.2. The van der Waals surface area contributed by atoms with Crippen molar-refractivity contribution in [2.24, 2.45) is 0 Å². The lowest BCUT2D eigenvalue weighted by atomic mass is 9.98. The molecule has 0 radical (unpaired) electrons. The number of para-hydroxylation sites is 1. The lowest BCUT2D eigenvalue weighted by Gasteiger charge is -2.27. The van der Waals surface area contributed by atoms with Crippen LogP contribution in [-0.4, -0.2) is 36.7 Å². The zero-order chi connectivity index (χ0) is 21.4. The van der Waals surface area contributed by atoms with Crippen LogP contribution in [-0.2, 0) is 4.74 Å². The number of carbonyl (C=O) groups excluding carboxylic acids is 1. The van der Waals surface area contributed by atoms with Gasteiger partial charge < -0.3 is 18.8 Å². The van der Waals surface area contributed by atoms with Gasteiger partial charge >= 0.3 is 0 Å². The SMILES string of the molecule is CCCOc1cccc([C@@H]2c3c(oc4ccccc4c3=O)C(=O)N2C[C@@H]2CCCO2)c1. The fourth-order valence-electron chi connectivity index (χ4n) is 4.50. The second-order valence-corrected chi connectivity index (χ2v) is 8.09. The topological polar surface area (TPSA) is 69.0 Å². The van der Waals surface area contributed by atoms with Gasteiger partial charge in [-0.15, -0.1) is 0 Å². The third-order valence-corrected chi connectivity index (χ3v) is 5.94. The van der Waals surface area contributed by atoms with Crippen molar-refractivity contribution in [3.05, 3.63) is 75.6 Å². The van der Waals surface area contributed by atoms with Gasteiger partial charge in [-0.2, -0.15) is 0 Å². The zero-order valence-electron chi connectivity index (χ0n) is 17.5. The Kier molecular flexibility index (Phi) is 5.24. The molecule has 1 fully saturated rings. The number of hydrogen-bond acceptors (Lipinski definition) is 5. The summed E-state index contributed by atoms with van der Waals surface area (Å²) in [5, 5.41) is 0.483. The van der Waals surface area contributed by atoms with Crippen LogP contribution < -0.4 is 10.2 Å². The molecule has 2 aromatic carbocycles. The van der Waals surface area contributed by atoms with Gasteiger partial charge in [0, 0.05) is 13.2 Å². The monoisotopic (exact) mass is 419 g/mol. The Bertz CT molecular complexity index is 1180. The predicted molar refractivity (Wildman–Crippen MR) is 117 cm³/mol. The summed E-state index contributed by atoms with van der Waals surface area (Å²) < 4.78 is 17.6. The molecule has 6 heteroatoms. The van der Waals surface area contributed by atoms with E-state index in [-0.39, 0.29) is 23.2 Å². The smallest absolute Gasteiger partial charge is 0.291 e. The van der Waals surface area contributed by atoms with Crippen LogP contribution in [0.4, 0.5) is 0 Å². The first kappa shape index (κ1) is 19.8. The van der Waals surface area contributed by atoms with E-state index in [9.17, 15) is 9.59 Å². The van der Waals surface area contributed by atoms with Gasteiger partial charge in [-0.1, -0.05) is 31.2 Å². The number of carbonyl (C=O) groups is 1. The number of fused-ring (bicyclic) bond motifs is 2. The fourth-order valence-corrected chi connectivity index (χ4v) is 4.50. The average Bonchev–Trinajstić information content (AvgIpc) is 3.40. The summed E-state index contributed by atoms with van der Waals surface area (Å²) in [5.41, 5.74) is 1.50. The molecular formula is C25H25NO5. The minimum absolute atomic E-state index is 0.0372. The van der Waals surface area contributed by atoms with Crippen molar-refractivity contribution in [1.29, 1.82) is 0 Å². The Morgan fingerprint density at radius 3 is 2.81 bits per heavy atom. The first-order valence-electron chi connectivity index (χ1n) is 10.9. The quantitative estimate of drug-likeness (QED) is 0.596. The van der Waals surface area contributed by atoms with E-state index in [2.05, 4.69) is 6.92 Å². The highest BCUT2D eigenvalue weighted by atomic mass is 16.5. The summed E-state index contributed by atoms with van der Waals surface area (Å²) in [6, 6.07) is 14.2. The van der Waals surface area contributed by atoms with Gasteiger partial charge in [-0.05, 0) is 49.1 Å². The largest absolute Gasteiger partial charge is 0.494 e. The van der Waals surface area contributed by atoms with Gasteiger partial charge in [0.05, 0.1) is 29.7 Å². The zero-order valence-corrected chi connectivity index (χ0v) is 17.5. The molecule has 0 spiro atoms. The van der Waals surface area contributed by atoms with Crippen LogP contribution in [0.25, 0.3) is 11.0 Å². The molecule has 1 aromatic heterocycles. The number of hydrogen-bond donors (Lipinski definition) is 0. The molecule has 5 rings (SSSR count). The minimum Gasteiger partial charge on any atom is -0.494 e. The molecule has 160 valence electrons. The van der Waals surface area contributed by atoms with Gasteiger partial charge in [-0.25, -0.2) is 0 Å². The highest BCUT2D eigenvalue weighted by molar-refractivity contribution is 5.99. The highest BCUT2D eigenvalue weighted by Gasteiger charge is 2.44. The maximum atomic E-state index is 13.5. The number of benzene rings is 2. The van der Waals surface area contributed by atoms with Crippen molar-refractivity contribution < 1.29 is 18.7 Å². The molecule has 2 aliphatic rings. The molecule has 0 unspecified atom stereocenters. The Morgan fingerprint density at radius 2 is 2.00 bits per heavy atom. The van der Waals surface area contributed by atoms with Crippen molar-refractivity contribution in [1.82, 2.24) is 4.90 Å². The van der Waals surface area contributed by atoms with Crippen molar-refractivity contribution in [3.63, 3.8) is 0 Å². The number of amides is 1. The molecule has 3 aromatic rings. The van der Waals surface area contributed by atoms with Crippen molar-refractivity contribution in [2.75, 3.05) is 19.8 Å². The van der Waals surface area contributed by atoms with Crippen LogP contribution >= 0.6 is 0 Å². The molecule has 0 N–H and O–H groups in total. The Morgan fingerprint density at radius 1 is 1.13 bits per heavy atom. The van der Waals surface area contributed by atoms with Crippen LogP contribution in [0.5, 0.6) is 5.75 Å². The van der Waals surface area contributed by atoms with Gasteiger partial charge in [0.1, 0.15) is 11.3 Å². The molecule has 31 heavy (non-hydrogen) atoms. The van der Waals surface area contributed by atoms with Gasteiger partial charge in [0.15, 0.2) is 5.43 Å². The van der Waals surface area contributed by atoms with E-state index in [0.29, 0.717) is 36.3 Å². The van der Waals surface area contributed by atoms with Crippen LogP contribution in [0, 0.1) is 0 Å². The average molecular weight is 419 g/mol.